The maximum Gasteiger partial charge on any atom is 0.106 e. The summed E-state index contributed by atoms with van der Waals surface area (Å²) in [5.41, 5.74) is 1.99. The Balaban J connectivity index is 2.56. The summed E-state index contributed by atoms with van der Waals surface area (Å²) in [5.74, 6) is 0. The number of aromatic nitrogens is 3. The van der Waals surface area contributed by atoms with E-state index in [-0.39, 0.29) is 0 Å². The molecule has 17 heavy (non-hydrogen) atoms. The molecular weight excluding hydrogens is 250 g/mol. The summed E-state index contributed by atoms with van der Waals surface area (Å²) in [6.07, 6.45) is 0. The molecule has 2 aromatic rings. The summed E-state index contributed by atoms with van der Waals surface area (Å²) in [4.78, 5) is 0. The third-order valence-corrected chi connectivity index (χ3v) is 4.89. The van der Waals surface area contributed by atoms with Gasteiger partial charge in [-0.05, 0) is 19.1 Å². The van der Waals surface area contributed by atoms with Crippen molar-refractivity contribution in [3.63, 3.8) is 0 Å². The molecule has 0 atom stereocenters. The van der Waals surface area contributed by atoms with E-state index < -0.39 is 8.07 Å². The molecule has 1 aromatic heterocycles. The van der Waals surface area contributed by atoms with E-state index in [0.29, 0.717) is 5.02 Å². The van der Waals surface area contributed by atoms with Crippen LogP contribution in [0, 0.1) is 6.92 Å². The SMILES string of the molecule is Cc1c([Si](C)(C)C)nnn1-c1ccccc1Cl. The van der Waals surface area contributed by atoms with Crippen LogP contribution in [-0.2, 0) is 0 Å². The van der Waals surface area contributed by atoms with Crippen molar-refractivity contribution in [1.29, 1.82) is 0 Å². The van der Waals surface area contributed by atoms with Crippen LogP contribution in [0.25, 0.3) is 5.69 Å². The number of benzene rings is 1. The summed E-state index contributed by atoms with van der Waals surface area (Å²) >= 11 is 6.18. The predicted octanol–water partition coefficient (Wildman–Crippen LogP) is 2.77. The van der Waals surface area contributed by atoms with Crippen molar-refractivity contribution >= 4 is 25.0 Å². The number of rotatable bonds is 2. The largest absolute Gasteiger partial charge is 0.217 e. The maximum absolute atomic E-state index is 6.18. The van der Waals surface area contributed by atoms with Gasteiger partial charge in [0.2, 0.25) is 0 Å². The number of halogens is 1. The van der Waals surface area contributed by atoms with Crippen molar-refractivity contribution in [2.75, 3.05) is 0 Å². The second-order valence-electron chi connectivity index (χ2n) is 5.14. The number of para-hydroxylation sites is 1. The van der Waals surface area contributed by atoms with E-state index in [2.05, 4.69) is 36.9 Å². The minimum absolute atomic E-state index is 0.697. The highest BCUT2D eigenvalue weighted by molar-refractivity contribution is 6.88. The van der Waals surface area contributed by atoms with E-state index in [4.69, 9.17) is 11.6 Å². The minimum Gasteiger partial charge on any atom is -0.217 e. The van der Waals surface area contributed by atoms with Crippen molar-refractivity contribution in [3.05, 3.63) is 35.0 Å². The van der Waals surface area contributed by atoms with Crippen LogP contribution in [-0.4, -0.2) is 23.1 Å². The lowest BCUT2D eigenvalue weighted by molar-refractivity contribution is 0.786. The topological polar surface area (TPSA) is 30.7 Å². The van der Waals surface area contributed by atoms with Crippen LogP contribution in [0.5, 0.6) is 0 Å². The van der Waals surface area contributed by atoms with Gasteiger partial charge in [0.15, 0.2) is 0 Å². The quantitative estimate of drug-likeness (QED) is 0.782. The van der Waals surface area contributed by atoms with E-state index in [1.165, 1.54) is 0 Å². The highest BCUT2D eigenvalue weighted by atomic mass is 35.5. The lowest BCUT2D eigenvalue weighted by atomic mass is 10.3. The summed E-state index contributed by atoms with van der Waals surface area (Å²) < 4.78 is 1.83. The first kappa shape index (κ1) is 12.3. The zero-order valence-electron chi connectivity index (χ0n) is 10.5. The van der Waals surface area contributed by atoms with Gasteiger partial charge < -0.3 is 0 Å². The molecule has 0 bridgehead atoms. The van der Waals surface area contributed by atoms with E-state index in [1.54, 1.807) is 0 Å². The summed E-state index contributed by atoms with van der Waals surface area (Å²) in [6, 6.07) is 7.69. The first-order chi connectivity index (χ1) is 7.91. The van der Waals surface area contributed by atoms with Crippen molar-refractivity contribution < 1.29 is 0 Å². The highest BCUT2D eigenvalue weighted by Gasteiger charge is 2.24. The summed E-state index contributed by atoms with van der Waals surface area (Å²) in [7, 11) is -1.44. The Morgan fingerprint density at radius 1 is 1.18 bits per heavy atom. The van der Waals surface area contributed by atoms with Crippen LogP contribution in [0.2, 0.25) is 24.7 Å². The predicted molar refractivity (Wildman–Crippen MR) is 74.1 cm³/mol. The second kappa shape index (κ2) is 4.27. The van der Waals surface area contributed by atoms with Gasteiger partial charge in [-0.25, -0.2) is 4.68 Å². The van der Waals surface area contributed by atoms with Crippen molar-refractivity contribution in [2.24, 2.45) is 0 Å². The van der Waals surface area contributed by atoms with E-state index in [9.17, 15) is 0 Å². The summed E-state index contributed by atoms with van der Waals surface area (Å²) in [5, 5.41) is 10.4. The fourth-order valence-corrected chi connectivity index (χ4v) is 3.63. The number of hydrogen-bond donors (Lipinski definition) is 0. The Morgan fingerprint density at radius 3 is 2.35 bits per heavy atom. The van der Waals surface area contributed by atoms with Gasteiger partial charge in [0.05, 0.1) is 21.7 Å². The normalized spacial score (nSPS) is 11.8. The third kappa shape index (κ3) is 2.28. The Morgan fingerprint density at radius 2 is 1.82 bits per heavy atom. The molecular formula is C12H16ClN3Si. The fraction of sp³-hybridized carbons (Fsp3) is 0.333. The Hall–Kier alpha value is -1.13. The Labute approximate surface area is 107 Å². The van der Waals surface area contributed by atoms with Gasteiger partial charge in [-0.3, -0.25) is 0 Å². The molecule has 0 saturated heterocycles. The molecule has 2 rings (SSSR count). The van der Waals surface area contributed by atoms with Gasteiger partial charge in [0, 0.05) is 0 Å². The molecule has 0 amide bonds. The minimum atomic E-state index is -1.44. The molecule has 0 radical (unpaired) electrons. The molecule has 0 fully saturated rings. The molecule has 90 valence electrons. The van der Waals surface area contributed by atoms with Gasteiger partial charge in [-0.1, -0.05) is 48.6 Å². The van der Waals surface area contributed by atoms with Crippen LogP contribution < -0.4 is 5.32 Å². The highest BCUT2D eigenvalue weighted by Crippen LogP contribution is 2.20. The van der Waals surface area contributed by atoms with Gasteiger partial charge in [0.25, 0.3) is 0 Å². The number of nitrogens with zero attached hydrogens (tertiary/aromatic N) is 3. The summed E-state index contributed by atoms with van der Waals surface area (Å²) in [6.45, 7) is 8.85. The molecule has 5 heteroatoms. The average molecular weight is 266 g/mol. The van der Waals surface area contributed by atoms with E-state index in [1.807, 2.05) is 28.9 Å². The molecule has 1 aromatic carbocycles. The second-order valence-corrected chi connectivity index (χ2v) is 10.5. The van der Waals surface area contributed by atoms with E-state index in [0.717, 1.165) is 16.7 Å². The lowest BCUT2D eigenvalue weighted by Crippen LogP contribution is -2.40. The molecule has 0 aliphatic rings. The molecule has 0 unspecified atom stereocenters. The van der Waals surface area contributed by atoms with Crippen molar-refractivity contribution in [3.8, 4) is 5.69 Å². The van der Waals surface area contributed by atoms with E-state index >= 15 is 0 Å². The first-order valence-corrected chi connectivity index (χ1v) is 9.47. The van der Waals surface area contributed by atoms with Crippen LogP contribution in [0.15, 0.2) is 24.3 Å². The average Bonchev–Trinajstić information content (AvgIpc) is 2.60. The molecule has 3 nitrogen and oxygen atoms in total. The number of hydrogen-bond acceptors (Lipinski definition) is 2. The monoisotopic (exact) mass is 265 g/mol. The molecule has 0 aliphatic carbocycles. The molecule has 0 N–H and O–H groups in total. The van der Waals surface area contributed by atoms with Crippen LogP contribution in [0.4, 0.5) is 0 Å². The smallest absolute Gasteiger partial charge is 0.106 e. The third-order valence-electron chi connectivity index (χ3n) is 2.69. The zero-order chi connectivity index (χ0) is 12.6. The Bertz CT molecular complexity index is 543. The molecule has 1 heterocycles. The standard InChI is InChI=1S/C12H16ClN3Si/c1-9-12(17(2,3)4)14-15-16(9)11-8-6-5-7-10(11)13/h5-8H,1-4H3. The van der Waals surface area contributed by atoms with Gasteiger partial charge in [0.1, 0.15) is 8.07 Å². The Kier molecular flexibility index (Phi) is 3.10. The molecule has 0 saturated carbocycles. The fourth-order valence-electron chi connectivity index (χ4n) is 1.87. The van der Waals surface area contributed by atoms with Crippen LogP contribution in [0.3, 0.4) is 0 Å². The lowest BCUT2D eigenvalue weighted by Gasteiger charge is -2.13. The molecule has 0 spiro atoms. The van der Waals surface area contributed by atoms with Crippen molar-refractivity contribution in [2.45, 2.75) is 26.6 Å². The van der Waals surface area contributed by atoms with Crippen LogP contribution >= 0.6 is 11.6 Å². The first-order valence-electron chi connectivity index (χ1n) is 5.59. The van der Waals surface area contributed by atoms with Gasteiger partial charge in [-0.2, -0.15) is 0 Å². The molecule has 0 aliphatic heterocycles. The van der Waals surface area contributed by atoms with Crippen LogP contribution in [0.1, 0.15) is 5.69 Å². The van der Waals surface area contributed by atoms with Gasteiger partial charge in [-0.15, -0.1) is 5.10 Å². The zero-order valence-corrected chi connectivity index (χ0v) is 12.3. The maximum atomic E-state index is 6.18. The van der Waals surface area contributed by atoms with Crippen molar-refractivity contribution in [1.82, 2.24) is 15.0 Å². The van der Waals surface area contributed by atoms with Gasteiger partial charge >= 0.3 is 0 Å².